The number of hydrogen-bond acceptors (Lipinski definition) is 6. The van der Waals surface area contributed by atoms with Crippen molar-refractivity contribution >= 4 is 17.9 Å². The monoisotopic (exact) mass is 410 g/mol. The number of aliphatic carboxylic acids is 1. The number of allylic oxidation sites excluding steroid dienone is 4. The van der Waals surface area contributed by atoms with E-state index in [4.69, 9.17) is 19.3 Å². The standard InChI is InChI=1S/C23H22O7/c1-6-9-13-19(28-5)15(4)22(26)30-20-14-11-10-12-17(20)23(27)29-18(8-3)16(7-2)21(24)25/h6-14H,2-4H2,1,5H3,(H,24,25)/b9-6-,18-16-,19-13+. The van der Waals surface area contributed by atoms with E-state index in [0.717, 1.165) is 12.2 Å². The zero-order chi connectivity index (χ0) is 22.7. The van der Waals surface area contributed by atoms with Crippen LogP contribution < -0.4 is 4.74 Å². The van der Waals surface area contributed by atoms with E-state index in [1.807, 2.05) is 0 Å². The minimum absolute atomic E-state index is 0.0646. The molecule has 0 unspecified atom stereocenters. The van der Waals surface area contributed by atoms with Gasteiger partial charge in [-0.3, -0.25) is 0 Å². The minimum Gasteiger partial charge on any atom is -0.496 e. The maximum Gasteiger partial charge on any atom is 0.347 e. The normalized spacial score (nSPS) is 11.9. The molecule has 0 fully saturated rings. The van der Waals surface area contributed by atoms with Crippen LogP contribution in [-0.4, -0.2) is 30.1 Å². The number of methoxy groups -OCH3 is 1. The van der Waals surface area contributed by atoms with Crippen molar-refractivity contribution in [3.05, 3.63) is 103 Å². The lowest BCUT2D eigenvalue weighted by atomic mass is 10.2. The average molecular weight is 410 g/mol. The second-order valence-electron chi connectivity index (χ2n) is 5.51. The fourth-order valence-corrected chi connectivity index (χ4v) is 2.12. The van der Waals surface area contributed by atoms with Gasteiger partial charge < -0.3 is 19.3 Å². The Hall–Kier alpha value is -4.13. The molecule has 30 heavy (non-hydrogen) atoms. The molecule has 0 aliphatic carbocycles. The van der Waals surface area contributed by atoms with E-state index < -0.39 is 17.9 Å². The van der Waals surface area contributed by atoms with Crippen LogP contribution in [0.1, 0.15) is 17.3 Å². The number of rotatable bonds is 10. The van der Waals surface area contributed by atoms with E-state index in [9.17, 15) is 14.4 Å². The molecule has 0 aliphatic rings. The number of carbonyl (C=O) groups is 3. The predicted octanol–water partition coefficient (Wildman–Crippen LogP) is 4.12. The second-order valence-corrected chi connectivity index (χ2v) is 5.51. The first kappa shape index (κ1) is 23.9. The van der Waals surface area contributed by atoms with Gasteiger partial charge in [0.05, 0.1) is 12.7 Å². The molecule has 1 aromatic carbocycles. The van der Waals surface area contributed by atoms with Crippen LogP contribution >= 0.6 is 0 Å². The van der Waals surface area contributed by atoms with E-state index >= 15 is 0 Å². The highest BCUT2D eigenvalue weighted by Crippen LogP contribution is 2.23. The predicted molar refractivity (Wildman–Crippen MR) is 112 cm³/mol. The lowest BCUT2D eigenvalue weighted by Crippen LogP contribution is -2.16. The molecule has 0 atom stereocenters. The van der Waals surface area contributed by atoms with Gasteiger partial charge in [-0.25, -0.2) is 14.4 Å². The third-order valence-corrected chi connectivity index (χ3v) is 3.60. The smallest absolute Gasteiger partial charge is 0.347 e. The van der Waals surface area contributed by atoms with Gasteiger partial charge in [-0.2, -0.15) is 0 Å². The van der Waals surface area contributed by atoms with Crippen LogP contribution in [0.2, 0.25) is 0 Å². The molecule has 0 radical (unpaired) electrons. The summed E-state index contributed by atoms with van der Waals surface area (Å²) in [5.41, 5.74) is -0.520. The molecule has 0 saturated heterocycles. The number of para-hydroxylation sites is 1. The van der Waals surface area contributed by atoms with Crippen molar-refractivity contribution in [3.8, 4) is 5.75 Å². The van der Waals surface area contributed by atoms with Crippen LogP contribution in [0, 0.1) is 0 Å². The highest BCUT2D eigenvalue weighted by atomic mass is 16.6. The SMILES string of the molecule is C=C/C(OC(=O)c1ccccc1OC(=O)C(=C)/C(=C\C=C/C)OC)=C(\C=C)C(=O)O. The maximum absolute atomic E-state index is 12.6. The van der Waals surface area contributed by atoms with E-state index in [1.54, 1.807) is 25.1 Å². The second kappa shape index (κ2) is 11.7. The lowest BCUT2D eigenvalue weighted by Gasteiger charge is -2.12. The van der Waals surface area contributed by atoms with Gasteiger partial charge in [-0.05, 0) is 31.2 Å². The van der Waals surface area contributed by atoms with Crippen molar-refractivity contribution in [1.29, 1.82) is 0 Å². The molecular weight excluding hydrogens is 388 g/mol. The molecule has 0 aromatic heterocycles. The van der Waals surface area contributed by atoms with Gasteiger partial charge >= 0.3 is 17.9 Å². The Labute approximate surface area is 174 Å². The Bertz CT molecular complexity index is 962. The number of esters is 2. The van der Waals surface area contributed by atoms with Crippen molar-refractivity contribution in [1.82, 2.24) is 0 Å². The number of carboxylic acid groups (broad SMARTS) is 1. The molecule has 0 bridgehead atoms. The van der Waals surface area contributed by atoms with Gasteiger partial charge in [0.2, 0.25) is 0 Å². The summed E-state index contributed by atoms with van der Waals surface area (Å²) in [7, 11) is 1.38. The molecule has 156 valence electrons. The molecule has 0 heterocycles. The summed E-state index contributed by atoms with van der Waals surface area (Å²) in [6.07, 6.45) is 7.02. The number of hydrogen-bond donors (Lipinski definition) is 1. The van der Waals surface area contributed by atoms with E-state index in [1.165, 1.54) is 31.4 Å². The lowest BCUT2D eigenvalue weighted by molar-refractivity contribution is -0.132. The summed E-state index contributed by atoms with van der Waals surface area (Å²) >= 11 is 0. The van der Waals surface area contributed by atoms with Gasteiger partial charge in [0.1, 0.15) is 28.4 Å². The Morgan fingerprint density at radius 1 is 1.10 bits per heavy atom. The fourth-order valence-electron chi connectivity index (χ4n) is 2.12. The average Bonchev–Trinajstić information content (AvgIpc) is 2.73. The van der Waals surface area contributed by atoms with Crippen molar-refractivity contribution < 1.29 is 33.7 Å². The van der Waals surface area contributed by atoms with Crippen LogP contribution in [0.3, 0.4) is 0 Å². The first-order chi connectivity index (χ1) is 14.3. The molecule has 1 aromatic rings. The van der Waals surface area contributed by atoms with Crippen molar-refractivity contribution in [2.45, 2.75) is 6.92 Å². The van der Waals surface area contributed by atoms with Crippen LogP contribution in [-0.2, 0) is 19.1 Å². The molecule has 7 heteroatoms. The Morgan fingerprint density at radius 2 is 1.77 bits per heavy atom. The first-order valence-electron chi connectivity index (χ1n) is 8.62. The fraction of sp³-hybridized carbons (Fsp3) is 0.0870. The third-order valence-electron chi connectivity index (χ3n) is 3.60. The van der Waals surface area contributed by atoms with Crippen molar-refractivity contribution in [2.24, 2.45) is 0 Å². The van der Waals surface area contributed by atoms with E-state index in [0.29, 0.717) is 0 Å². The summed E-state index contributed by atoms with van der Waals surface area (Å²) in [6, 6.07) is 5.81. The van der Waals surface area contributed by atoms with E-state index in [-0.39, 0.29) is 34.0 Å². The molecule has 0 amide bonds. The molecular formula is C23H22O7. The van der Waals surface area contributed by atoms with E-state index in [2.05, 4.69) is 19.7 Å². The molecule has 0 saturated carbocycles. The zero-order valence-electron chi connectivity index (χ0n) is 16.7. The van der Waals surface area contributed by atoms with Gasteiger partial charge in [-0.1, -0.05) is 50.1 Å². The largest absolute Gasteiger partial charge is 0.496 e. The van der Waals surface area contributed by atoms with Crippen LogP contribution in [0.5, 0.6) is 5.75 Å². The summed E-state index contributed by atoms with van der Waals surface area (Å²) in [5.74, 6) is -3.35. The van der Waals surface area contributed by atoms with Gasteiger partial charge in [0.25, 0.3) is 0 Å². The highest BCUT2D eigenvalue weighted by Gasteiger charge is 2.22. The number of ether oxygens (including phenoxy) is 3. The Balaban J connectivity index is 3.19. The number of carbonyl (C=O) groups excluding carboxylic acids is 2. The first-order valence-corrected chi connectivity index (χ1v) is 8.62. The molecule has 1 N–H and O–H groups in total. The van der Waals surface area contributed by atoms with Crippen LogP contribution in [0.25, 0.3) is 0 Å². The Morgan fingerprint density at radius 3 is 2.30 bits per heavy atom. The maximum atomic E-state index is 12.6. The quantitative estimate of drug-likeness (QED) is 0.204. The van der Waals surface area contributed by atoms with Crippen LogP contribution in [0.15, 0.2) is 97.0 Å². The summed E-state index contributed by atoms with van der Waals surface area (Å²) < 4.78 is 15.5. The highest BCUT2D eigenvalue weighted by molar-refractivity contribution is 5.98. The van der Waals surface area contributed by atoms with Gasteiger partial charge in [0, 0.05) is 0 Å². The number of carboxylic acids is 1. The summed E-state index contributed by atoms with van der Waals surface area (Å²) in [4.78, 5) is 36.2. The van der Waals surface area contributed by atoms with Gasteiger partial charge in [-0.15, -0.1) is 0 Å². The Kier molecular flexibility index (Phi) is 9.29. The molecule has 7 nitrogen and oxygen atoms in total. The van der Waals surface area contributed by atoms with Crippen LogP contribution in [0.4, 0.5) is 0 Å². The molecule has 1 rings (SSSR count). The van der Waals surface area contributed by atoms with Gasteiger partial charge in [0.15, 0.2) is 0 Å². The molecule has 0 spiro atoms. The number of benzene rings is 1. The van der Waals surface area contributed by atoms with Crippen molar-refractivity contribution in [2.75, 3.05) is 7.11 Å². The topological polar surface area (TPSA) is 99.1 Å². The minimum atomic E-state index is -1.34. The summed E-state index contributed by atoms with van der Waals surface area (Å²) in [5, 5.41) is 9.16. The third kappa shape index (κ3) is 6.20. The summed E-state index contributed by atoms with van der Waals surface area (Å²) in [6.45, 7) is 12.3. The zero-order valence-corrected chi connectivity index (χ0v) is 16.7. The van der Waals surface area contributed by atoms with Crippen molar-refractivity contribution in [3.63, 3.8) is 0 Å². The molecule has 0 aliphatic heterocycles.